The number of pyridine rings is 1. The van der Waals surface area contributed by atoms with Crippen molar-refractivity contribution in [2.24, 2.45) is 0 Å². The number of fused-ring (bicyclic) bond motifs is 3. The van der Waals surface area contributed by atoms with E-state index in [1.807, 2.05) is 18.2 Å². The van der Waals surface area contributed by atoms with Crippen LogP contribution in [0.2, 0.25) is 0 Å². The fraction of sp³-hybridized carbons (Fsp3) is 0.222. The lowest BCUT2D eigenvalue weighted by molar-refractivity contribution is 0.170. The molecule has 36 heavy (non-hydrogen) atoms. The number of hydrogen-bond acceptors (Lipinski definition) is 6. The molecule has 6 rings (SSSR count). The second-order valence-corrected chi connectivity index (χ2v) is 11.0. The molecule has 0 aliphatic carbocycles. The van der Waals surface area contributed by atoms with Gasteiger partial charge in [-0.25, -0.2) is 22.4 Å². The van der Waals surface area contributed by atoms with Gasteiger partial charge in [-0.1, -0.05) is 48.5 Å². The standard InChI is InChI=1S/C27H25N5O3S/c33-25-17-28-24-16-29-27-23(13-15-31(27)36(34,35)22-11-5-2-6-12-22)26(24)32(25)21-10-7-14-30(19-21)18-20-8-3-1-4-9-20/h1-6,8-9,11-13,15-17,21H,7,10,14,18-19H2/t21-/m1/s1. The molecule has 4 heterocycles. The zero-order valence-corrected chi connectivity index (χ0v) is 20.4. The molecule has 8 nitrogen and oxygen atoms in total. The first kappa shape index (κ1) is 22.6. The van der Waals surface area contributed by atoms with Gasteiger partial charge < -0.3 is 4.57 Å². The Morgan fingerprint density at radius 3 is 2.44 bits per heavy atom. The average Bonchev–Trinajstić information content (AvgIpc) is 3.35. The van der Waals surface area contributed by atoms with E-state index in [-0.39, 0.29) is 22.1 Å². The molecule has 1 aliphatic heterocycles. The normalized spacial score (nSPS) is 17.1. The highest BCUT2D eigenvalue weighted by atomic mass is 32.2. The minimum absolute atomic E-state index is 0.0554. The molecular formula is C27H25N5O3S. The maximum Gasteiger partial charge on any atom is 0.269 e. The summed E-state index contributed by atoms with van der Waals surface area (Å²) < 4.78 is 29.7. The summed E-state index contributed by atoms with van der Waals surface area (Å²) in [6, 6.07) is 20.2. The number of likely N-dealkylation sites (tertiary alicyclic amines) is 1. The third-order valence-corrected chi connectivity index (χ3v) is 8.50. The van der Waals surface area contributed by atoms with Gasteiger partial charge in [0.1, 0.15) is 5.52 Å². The van der Waals surface area contributed by atoms with Gasteiger partial charge in [-0.3, -0.25) is 9.69 Å². The number of aromatic nitrogens is 4. The number of nitrogens with zero attached hydrogens (tertiary/aromatic N) is 5. The van der Waals surface area contributed by atoms with Crippen molar-refractivity contribution in [2.75, 3.05) is 13.1 Å². The van der Waals surface area contributed by atoms with Gasteiger partial charge in [0.25, 0.3) is 15.6 Å². The molecule has 1 aliphatic rings. The molecule has 0 saturated carbocycles. The van der Waals surface area contributed by atoms with E-state index >= 15 is 0 Å². The van der Waals surface area contributed by atoms with Crippen molar-refractivity contribution in [1.29, 1.82) is 0 Å². The van der Waals surface area contributed by atoms with Crippen LogP contribution in [-0.4, -0.2) is 44.9 Å². The van der Waals surface area contributed by atoms with Crippen molar-refractivity contribution in [3.8, 4) is 0 Å². The van der Waals surface area contributed by atoms with E-state index in [1.165, 1.54) is 21.9 Å². The molecule has 3 aromatic heterocycles. The fourth-order valence-electron chi connectivity index (χ4n) is 5.17. The van der Waals surface area contributed by atoms with Crippen LogP contribution in [0.4, 0.5) is 0 Å². The molecule has 0 N–H and O–H groups in total. The molecule has 1 fully saturated rings. The summed E-state index contributed by atoms with van der Waals surface area (Å²) in [7, 11) is -3.84. The van der Waals surface area contributed by atoms with E-state index < -0.39 is 10.0 Å². The van der Waals surface area contributed by atoms with Gasteiger partial charge in [-0.2, -0.15) is 0 Å². The molecule has 0 unspecified atom stereocenters. The van der Waals surface area contributed by atoms with Crippen molar-refractivity contribution in [2.45, 2.75) is 30.3 Å². The Bertz CT molecular complexity index is 1710. The Balaban J connectivity index is 1.45. The first-order valence-corrected chi connectivity index (χ1v) is 13.4. The number of rotatable bonds is 5. The van der Waals surface area contributed by atoms with Crippen LogP contribution in [0.1, 0.15) is 24.4 Å². The van der Waals surface area contributed by atoms with Crippen molar-refractivity contribution < 1.29 is 8.42 Å². The lowest BCUT2D eigenvalue weighted by Crippen LogP contribution is -2.39. The van der Waals surface area contributed by atoms with Gasteiger partial charge in [-0.05, 0) is 43.1 Å². The van der Waals surface area contributed by atoms with Crippen molar-refractivity contribution >= 4 is 32.1 Å². The van der Waals surface area contributed by atoms with Crippen molar-refractivity contribution in [1.82, 2.24) is 23.4 Å². The minimum Gasteiger partial charge on any atom is -0.300 e. The summed E-state index contributed by atoms with van der Waals surface area (Å²) in [6.45, 7) is 2.50. The Morgan fingerprint density at radius 2 is 1.67 bits per heavy atom. The number of hydrogen-bond donors (Lipinski definition) is 0. The molecule has 0 bridgehead atoms. The van der Waals surface area contributed by atoms with Crippen LogP contribution in [0.25, 0.3) is 22.1 Å². The van der Waals surface area contributed by atoms with Crippen molar-refractivity contribution in [3.63, 3.8) is 0 Å². The topological polar surface area (TPSA) is 90.1 Å². The molecule has 0 radical (unpaired) electrons. The van der Waals surface area contributed by atoms with Crippen LogP contribution in [-0.2, 0) is 16.6 Å². The lowest BCUT2D eigenvalue weighted by atomic mass is 10.0. The number of piperidine rings is 1. The molecular weight excluding hydrogens is 474 g/mol. The third-order valence-electron chi connectivity index (χ3n) is 6.82. The Morgan fingerprint density at radius 1 is 0.917 bits per heavy atom. The maximum atomic E-state index is 13.3. The maximum absolute atomic E-state index is 13.3. The molecule has 182 valence electrons. The molecule has 2 aromatic carbocycles. The summed E-state index contributed by atoms with van der Waals surface area (Å²) in [5, 5.41) is 0.595. The van der Waals surface area contributed by atoms with E-state index in [2.05, 4.69) is 27.0 Å². The highest BCUT2D eigenvalue weighted by Gasteiger charge is 2.26. The van der Waals surface area contributed by atoms with Crippen LogP contribution in [0.3, 0.4) is 0 Å². The van der Waals surface area contributed by atoms with Crippen LogP contribution < -0.4 is 5.56 Å². The molecule has 1 atom stereocenters. The average molecular weight is 500 g/mol. The second-order valence-electron chi connectivity index (χ2n) is 9.14. The summed E-state index contributed by atoms with van der Waals surface area (Å²) >= 11 is 0. The zero-order valence-electron chi connectivity index (χ0n) is 19.6. The van der Waals surface area contributed by atoms with E-state index in [4.69, 9.17) is 0 Å². The van der Waals surface area contributed by atoms with Gasteiger partial charge in [-0.15, -0.1) is 0 Å². The summed E-state index contributed by atoms with van der Waals surface area (Å²) in [4.78, 5) is 24.5. The summed E-state index contributed by atoms with van der Waals surface area (Å²) in [5.74, 6) is 0. The van der Waals surface area contributed by atoms with E-state index in [1.54, 1.807) is 47.2 Å². The Hall–Kier alpha value is -3.82. The largest absolute Gasteiger partial charge is 0.300 e. The quantitative estimate of drug-likeness (QED) is 0.365. The van der Waals surface area contributed by atoms with Gasteiger partial charge in [0.2, 0.25) is 0 Å². The van der Waals surface area contributed by atoms with Gasteiger partial charge in [0.05, 0.1) is 28.8 Å². The predicted molar refractivity (Wildman–Crippen MR) is 138 cm³/mol. The van der Waals surface area contributed by atoms with Gasteiger partial charge in [0, 0.05) is 24.7 Å². The Labute approximate surface area is 208 Å². The third kappa shape index (κ3) is 3.90. The van der Waals surface area contributed by atoms with Crippen LogP contribution >= 0.6 is 0 Å². The highest BCUT2D eigenvalue weighted by molar-refractivity contribution is 7.90. The SMILES string of the molecule is O=c1cnc2cnc3c(ccn3S(=O)(=O)c3ccccc3)c2n1[C@@H]1CCCN(Cc2ccccc2)C1. The molecule has 0 amide bonds. The van der Waals surface area contributed by atoms with Crippen LogP contribution in [0.15, 0.2) is 95.0 Å². The number of benzene rings is 2. The molecule has 5 aromatic rings. The summed E-state index contributed by atoms with van der Waals surface area (Å²) in [6.07, 6.45) is 6.21. The monoisotopic (exact) mass is 499 g/mol. The molecule has 1 saturated heterocycles. The van der Waals surface area contributed by atoms with Crippen LogP contribution in [0.5, 0.6) is 0 Å². The highest BCUT2D eigenvalue weighted by Crippen LogP contribution is 2.30. The second kappa shape index (κ2) is 9.00. The van der Waals surface area contributed by atoms with Gasteiger partial charge in [0.15, 0.2) is 5.65 Å². The zero-order chi connectivity index (χ0) is 24.7. The van der Waals surface area contributed by atoms with E-state index in [0.29, 0.717) is 16.4 Å². The molecule has 9 heteroatoms. The first-order chi connectivity index (χ1) is 17.5. The van der Waals surface area contributed by atoms with Crippen molar-refractivity contribution in [3.05, 3.63) is 101 Å². The molecule has 0 spiro atoms. The van der Waals surface area contributed by atoms with E-state index in [9.17, 15) is 13.2 Å². The smallest absolute Gasteiger partial charge is 0.269 e. The minimum atomic E-state index is -3.84. The fourth-order valence-corrected chi connectivity index (χ4v) is 6.50. The summed E-state index contributed by atoms with van der Waals surface area (Å²) in [5.41, 5.74) is 2.52. The first-order valence-electron chi connectivity index (χ1n) is 12.0. The van der Waals surface area contributed by atoms with Crippen LogP contribution in [0, 0.1) is 0 Å². The van der Waals surface area contributed by atoms with E-state index in [0.717, 1.165) is 32.5 Å². The Kier molecular flexibility index (Phi) is 5.66. The van der Waals surface area contributed by atoms with Gasteiger partial charge >= 0.3 is 0 Å². The lowest BCUT2D eigenvalue weighted by Gasteiger charge is -2.34. The predicted octanol–water partition coefficient (Wildman–Crippen LogP) is 3.82.